The van der Waals surface area contributed by atoms with Gasteiger partial charge in [0.25, 0.3) is 0 Å². The molecule has 0 atom stereocenters. The molecule has 19 heavy (non-hydrogen) atoms. The smallest absolute Gasteiger partial charge is 0.243 e. The maximum Gasteiger partial charge on any atom is 0.243 e. The zero-order valence-corrected chi connectivity index (χ0v) is 11.9. The van der Waals surface area contributed by atoms with Crippen LogP contribution in [-0.4, -0.2) is 31.5 Å². The summed E-state index contributed by atoms with van der Waals surface area (Å²) in [5, 5.41) is 2.92. The molecule has 1 aromatic heterocycles. The third-order valence-electron chi connectivity index (χ3n) is 3.05. The predicted molar refractivity (Wildman–Crippen MR) is 73.3 cm³/mol. The minimum Gasteiger partial charge on any atom is -0.355 e. The van der Waals surface area contributed by atoms with Crippen LogP contribution in [0.4, 0.5) is 5.95 Å². The van der Waals surface area contributed by atoms with Crippen LogP contribution in [0, 0.1) is 5.92 Å². The number of aromatic nitrogens is 2. The molecular formula is C12H20N4O2S. The summed E-state index contributed by atoms with van der Waals surface area (Å²) in [5.41, 5.74) is 0. The quantitative estimate of drug-likeness (QED) is 0.705. The number of hydrogen-bond donors (Lipinski definition) is 2. The lowest BCUT2D eigenvalue weighted by Gasteiger charge is -2.06. The molecule has 1 heterocycles. The van der Waals surface area contributed by atoms with Gasteiger partial charge >= 0.3 is 0 Å². The number of rotatable bonds is 8. The van der Waals surface area contributed by atoms with Crippen molar-refractivity contribution in [2.24, 2.45) is 5.92 Å². The monoisotopic (exact) mass is 284 g/mol. The van der Waals surface area contributed by atoms with Crippen molar-refractivity contribution < 1.29 is 8.42 Å². The van der Waals surface area contributed by atoms with Crippen LogP contribution in [0.25, 0.3) is 0 Å². The van der Waals surface area contributed by atoms with Crippen LogP contribution in [-0.2, 0) is 10.0 Å². The minimum absolute atomic E-state index is 0.112. The van der Waals surface area contributed by atoms with Gasteiger partial charge in [-0.1, -0.05) is 12.8 Å². The Balaban J connectivity index is 1.86. The Bertz CT molecular complexity index is 497. The molecule has 2 rings (SSSR count). The van der Waals surface area contributed by atoms with Crippen molar-refractivity contribution in [3.63, 3.8) is 0 Å². The summed E-state index contributed by atoms with van der Waals surface area (Å²) in [7, 11) is -3.47. The second kappa shape index (κ2) is 6.29. The molecule has 106 valence electrons. The third kappa shape index (κ3) is 4.43. The average Bonchev–Trinajstić information content (AvgIpc) is 3.20. The first-order chi connectivity index (χ1) is 9.12. The maximum atomic E-state index is 12.0. The molecule has 7 heteroatoms. The highest BCUT2D eigenvalue weighted by Crippen LogP contribution is 2.33. The molecule has 0 unspecified atom stereocenters. The van der Waals surface area contributed by atoms with Gasteiger partial charge in [-0.3, -0.25) is 0 Å². The molecule has 0 amide bonds. The number of anilines is 1. The topological polar surface area (TPSA) is 84.0 Å². The SMILES string of the molecule is CCNc1ncc(S(=O)(=O)NCCCC2CC2)cn1. The highest BCUT2D eigenvalue weighted by atomic mass is 32.2. The lowest BCUT2D eigenvalue weighted by atomic mass is 10.2. The molecule has 0 spiro atoms. The number of nitrogens with one attached hydrogen (secondary N) is 2. The van der Waals surface area contributed by atoms with Crippen LogP contribution in [0.1, 0.15) is 32.6 Å². The lowest BCUT2D eigenvalue weighted by Crippen LogP contribution is -2.25. The summed E-state index contributed by atoms with van der Waals surface area (Å²) >= 11 is 0. The molecule has 0 saturated heterocycles. The van der Waals surface area contributed by atoms with E-state index in [1.807, 2.05) is 6.92 Å². The lowest BCUT2D eigenvalue weighted by molar-refractivity contribution is 0.572. The minimum atomic E-state index is -3.47. The van der Waals surface area contributed by atoms with Gasteiger partial charge in [-0.2, -0.15) is 0 Å². The Morgan fingerprint density at radius 1 is 1.32 bits per heavy atom. The third-order valence-corrected chi connectivity index (χ3v) is 4.47. The molecule has 1 aliphatic rings. The van der Waals surface area contributed by atoms with E-state index in [0.29, 0.717) is 19.0 Å². The summed E-state index contributed by atoms with van der Waals surface area (Å²) < 4.78 is 26.5. The van der Waals surface area contributed by atoms with Crippen molar-refractivity contribution in [1.29, 1.82) is 0 Å². The standard InChI is InChI=1S/C12H20N4O2S/c1-2-13-12-14-8-11(9-15-12)19(17,18)16-7-3-4-10-5-6-10/h8-10,16H,2-7H2,1H3,(H,13,14,15). The molecule has 2 N–H and O–H groups in total. The predicted octanol–water partition coefficient (Wildman–Crippen LogP) is 1.38. The van der Waals surface area contributed by atoms with Crippen LogP contribution in [0.2, 0.25) is 0 Å². The molecular weight excluding hydrogens is 264 g/mol. The molecule has 1 fully saturated rings. The van der Waals surface area contributed by atoms with Gasteiger partial charge in [0, 0.05) is 13.1 Å². The zero-order valence-electron chi connectivity index (χ0n) is 11.1. The first-order valence-corrected chi connectivity index (χ1v) is 8.15. The van der Waals surface area contributed by atoms with Crippen LogP contribution in [0.5, 0.6) is 0 Å². The Kier molecular flexibility index (Phi) is 4.71. The molecule has 0 radical (unpaired) electrons. The molecule has 1 aromatic rings. The summed E-state index contributed by atoms with van der Waals surface area (Å²) in [4.78, 5) is 8.03. The molecule has 1 saturated carbocycles. The normalized spacial score (nSPS) is 15.4. The molecule has 0 aromatic carbocycles. The Morgan fingerprint density at radius 3 is 2.58 bits per heavy atom. The van der Waals surface area contributed by atoms with Crippen molar-refractivity contribution in [3.8, 4) is 0 Å². The second-order valence-electron chi connectivity index (χ2n) is 4.76. The van der Waals surface area contributed by atoms with Crippen molar-refractivity contribution in [2.45, 2.75) is 37.5 Å². The largest absolute Gasteiger partial charge is 0.355 e. The summed E-state index contributed by atoms with van der Waals surface area (Å²) in [6.45, 7) is 3.11. The highest BCUT2D eigenvalue weighted by Gasteiger charge is 2.21. The van der Waals surface area contributed by atoms with Crippen LogP contribution in [0.15, 0.2) is 17.3 Å². The van der Waals surface area contributed by atoms with Crippen molar-refractivity contribution in [1.82, 2.24) is 14.7 Å². The van der Waals surface area contributed by atoms with E-state index in [-0.39, 0.29) is 4.90 Å². The van der Waals surface area contributed by atoms with E-state index in [1.54, 1.807) is 0 Å². The van der Waals surface area contributed by atoms with Crippen molar-refractivity contribution in [2.75, 3.05) is 18.4 Å². The summed E-state index contributed by atoms with van der Waals surface area (Å²) in [6.07, 6.45) is 7.25. The van der Waals surface area contributed by atoms with Gasteiger partial charge in [0.15, 0.2) is 0 Å². The fourth-order valence-electron chi connectivity index (χ4n) is 1.79. The van der Waals surface area contributed by atoms with E-state index in [4.69, 9.17) is 0 Å². The molecule has 0 aliphatic heterocycles. The summed E-state index contributed by atoms with van der Waals surface area (Å²) in [6, 6.07) is 0. The van der Waals surface area contributed by atoms with Gasteiger partial charge in [0.2, 0.25) is 16.0 Å². The summed E-state index contributed by atoms with van der Waals surface area (Å²) in [5.74, 6) is 1.27. The number of sulfonamides is 1. The average molecular weight is 284 g/mol. The van der Waals surface area contributed by atoms with Gasteiger partial charge in [-0.15, -0.1) is 0 Å². The van der Waals surface area contributed by atoms with E-state index in [0.717, 1.165) is 18.8 Å². The van der Waals surface area contributed by atoms with Crippen LogP contribution < -0.4 is 10.0 Å². The first kappa shape index (κ1) is 14.2. The van der Waals surface area contributed by atoms with E-state index >= 15 is 0 Å². The Morgan fingerprint density at radius 2 is 2.00 bits per heavy atom. The Labute approximate surface area is 114 Å². The molecule has 1 aliphatic carbocycles. The first-order valence-electron chi connectivity index (χ1n) is 6.67. The van der Waals surface area contributed by atoms with Gasteiger partial charge in [0.1, 0.15) is 4.90 Å². The fraction of sp³-hybridized carbons (Fsp3) is 0.667. The van der Waals surface area contributed by atoms with Crippen molar-refractivity contribution >= 4 is 16.0 Å². The van der Waals surface area contributed by atoms with Gasteiger partial charge in [-0.25, -0.2) is 23.1 Å². The van der Waals surface area contributed by atoms with Gasteiger partial charge in [0.05, 0.1) is 12.4 Å². The van der Waals surface area contributed by atoms with E-state index in [1.165, 1.54) is 25.2 Å². The second-order valence-corrected chi connectivity index (χ2v) is 6.52. The number of nitrogens with zero attached hydrogens (tertiary/aromatic N) is 2. The fourth-order valence-corrected chi connectivity index (χ4v) is 2.75. The van der Waals surface area contributed by atoms with Crippen LogP contribution >= 0.6 is 0 Å². The Hall–Kier alpha value is -1.21. The zero-order chi connectivity index (χ0) is 13.7. The highest BCUT2D eigenvalue weighted by molar-refractivity contribution is 7.89. The molecule has 6 nitrogen and oxygen atoms in total. The van der Waals surface area contributed by atoms with Crippen LogP contribution in [0.3, 0.4) is 0 Å². The van der Waals surface area contributed by atoms with Crippen molar-refractivity contribution in [3.05, 3.63) is 12.4 Å². The van der Waals surface area contributed by atoms with E-state index in [2.05, 4.69) is 20.0 Å². The van der Waals surface area contributed by atoms with Gasteiger partial charge in [-0.05, 0) is 25.7 Å². The number of hydrogen-bond acceptors (Lipinski definition) is 5. The van der Waals surface area contributed by atoms with E-state index < -0.39 is 10.0 Å². The van der Waals surface area contributed by atoms with Gasteiger partial charge < -0.3 is 5.32 Å². The van der Waals surface area contributed by atoms with E-state index in [9.17, 15) is 8.42 Å². The maximum absolute atomic E-state index is 12.0. The molecule has 0 bridgehead atoms.